The van der Waals surface area contributed by atoms with Crippen molar-refractivity contribution in [2.75, 3.05) is 0 Å². The monoisotopic (exact) mass is 498 g/mol. The molecule has 0 saturated carbocycles. The number of thioether (sulfide) groups is 1. The van der Waals surface area contributed by atoms with Crippen molar-refractivity contribution in [3.05, 3.63) is 58.7 Å². The summed E-state index contributed by atoms with van der Waals surface area (Å²) in [7, 11) is 0. The van der Waals surface area contributed by atoms with Crippen LogP contribution in [0.2, 0.25) is 0 Å². The fourth-order valence-electron chi connectivity index (χ4n) is 4.80. The van der Waals surface area contributed by atoms with Crippen LogP contribution < -0.4 is 0 Å². The molecule has 2 N–H and O–H groups in total. The normalized spacial score (nSPS) is 20.9. The molecule has 190 valence electrons. The summed E-state index contributed by atoms with van der Waals surface area (Å²) in [5, 5.41) is 18.4. The number of aliphatic hydroxyl groups is 1. The molecule has 2 atom stereocenters. The molecule has 0 amide bonds. The van der Waals surface area contributed by atoms with E-state index in [1.807, 2.05) is 31.2 Å². The number of hydrogen-bond acceptors (Lipinski definition) is 6. The Bertz CT molecular complexity index is 1050. The number of cyclic esters (lactones) is 1. The van der Waals surface area contributed by atoms with Gasteiger partial charge in [0.1, 0.15) is 11.4 Å². The van der Waals surface area contributed by atoms with Gasteiger partial charge in [0.15, 0.2) is 11.0 Å². The summed E-state index contributed by atoms with van der Waals surface area (Å²) in [6.45, 7) is 12.3. The second-order valence-electron chi connectivity index (χ2n) is 11.2. The van der Waals surface area contributed by atoms with Gasteiger partial charge in [-0.25, -0.2) is 0 Å². The predicted octanol–water partition coefficient (Wildman–Crippen LogP) is 5.88. The number of phenols is 1. The molecule has 0 radical (unpaired) electrons. The van der Waals surface area contributed by atoms with Gasteiger partial charge in [-0.2, -0.15) is 0 Å². The Labute approximate surface area is 213 Å². The molecule has 0 bridgehead atoms. The smallest absolute Gasteiger partial charge is 0.327 e. The third kappa shape index (κ3) is 6.68. The van der Waals surface area contributed by atoms with Crippen LogP contribution in [0.3, 0.4) is 0 Å². The first-order valence-corrected chi connectivity index (χ1v) is 13.2. The highest BCUT2D eigenvalue weighted by Gasteiger charge is 2.47. The number of carbonyl (C=O) groups is 2. The van der Waals surface area contributed by atoms with Crippen LogP contribution in [0.5, 0.6) is 5.75 Å². The number of aliphatic hydroxyl groups excluding tert-OH is 1. The Balaban J connectivity index is 1.85. The topological polar surface area (TPSA) is 83.8 Å². The minimum Gasteiger partial charge on any atom is -0.508 e. The van der Waals surface area contributed by atoms with Gasteiger partial charge in [-0.3, -0.25) is 9.59 Å². The molecule has 1 aliphatic heterocycles. The highest BCUT2D eigenvalue weighted by Crippen LogP contribution is 2.42. The van der Waals surface area contributed by atoms with Gasteiger partial charge in [-0.1, -0.05) is 52.8 Å². The summed E-state index contributed by atoms with van der Waals surface area (Å²) < 4.78 is 6.12. The Morgan fingerprint density at radius 3 is 2.34 bits per heavy atom. The number of phenolic OH excluding ortho intramolecular Hbond substituents is 1. The van der Waals surface area contributed by atoms with E-state index in [0.29, 0.717) is 19.3 Å². The van der Waals surface area contributed by atoms with Crippen LogP contribution in [-0.4, -0.2) is 32.8 Å². The molecule has 2 aromatic carbocycles. The zero-order valence-corrected chi connectivity index (χ0v) is 22.5. The number of Topliss-reactive ketones (excluding diaryl/α,β-unsaturated/α-hetero) is 1. The maximum atomic E-state index is 13.4. The molecule has 3 rings (SSSR count). The van der Waals surface area contributed by atoms with Gasteiger partial charge in [0.2, 0.25) is 0 Å². The van der Waals surface area contributed by atoms with Crippen molar-refractivity contribution in [2.24, 2.45) is 5.92 Å². The largest absolute Gasteiger partial charge is 0.508 e. The van der Waals surface area contributed by atoms with E-state index in [9.17, 15) is 19.8 Å². The van der Waals surface area contributed by atoms with E-state index in [2.05, 4.69) is 34.6 Å². The fraction of sp³-hybridized carbons (Fsp3) is 0.517. The SMILES string of the molecule is Cc1cc(SC2C(=O)CC(CCc3ccc(O)cc3)(CC(C)C)OC2=O)c(C(C)(C)C)cc1CO. The van der Waals surface area contributed by atoms with E-state index in [4.69, 9.17) is 4.74 Å². The van der Waals surface area contributed by atoms with E-state index in [1.165, 1.54) is 11.8 Å². The molecule has 0 aromatic heterocycles. The molecule has 35 heavy (non-hydrogen) atoms. The lowest BCUT2D eigenvalue weighted by Crippen LogP contribution is -2.50. The standard InChI is InChI=1S/C29H38O5S/c1-18(2)15-29(12-11-20-7-9-22(31)10-8-20)16-24(32)26(27(33)34-29)35-25-13-19(3)21(17-30)14-23(25)28(4,5)6/h7-10,13-14,18,26,30-31H,11-12,15-17H2,1-6H3. The van der Waals surface area contributed by atoms with Crippen molar-refractivity contribution < 1.29 is 24.5 Å². The second-order valence-corrected chi connectivity index (χ2v) is 12.3. The first kappa shape index (κ1) is 27.3. The molecule has 1 heterocycles. The van der Waals surface area contributed by atoms with E-state index >= 15 is 0 Å². The van der Waals surface area contributed by atoms with E-state index in [0.717, 1.165) is 27.1 Å². The van der Waals surface area contributed by atoms with Crippen molar-refractivity contribution in [3.8, 4) is 5.75 Å². The van der Waals surface area contributed by atoms with Crippen LogP contribution in [0.25, 0.3) is 0 Å². The molecule has 2 unspecified atom stereocenters. The molecular weight excluding hydrogens is 460 g/mol. The van der Waals surface area contributed by atoms with Crippen LogP contribution in [0.4, 0.5) is 0 Å². The number of carbonyl (C=O) groups excluding carboxylic acids is 2. The van der Waals surface area contributed by atoms with E-state index in [-0.39, 0.29) is 35.9 Å². The maximum absolute atomic E-state index is 13.4. The van der Waals surface area contributed by atoms with Gasteiger partial charge in [-0.15, -0.1) is 11.8 Å². The number of ketones is 1. The number of ether oxygens (including phenoxy) is 1. The van der Waals surface area contributed by atoms with Crippen molar-refractivity contribution in [1.82, 2.24) is 0 Å². The zero-order valence-electron chi connectivity index (χ0n) is 21.7. The van der Waals surface area contributed by atoms with Crippen molar-refractivity contribution >= 4 is 23.5 Å². The third-order valence-corrected chi connectivity index (χ3v) is 7.85. The van der Waals surface area contributed by atoms with Crippen molar-refractivity contribution in [2.45, 2.75) is 95.0 Å². The molecule has 0 spiro atoms. The summed E-state index contributed by atoms with van der Waals surface area (Å²) in [6, 6.07) is 11.0. The summed E-state index contributed by atoms with van der Waals surface area (Å²) >= 11 is 1.27. The minimum absolute atomic E-state index is 0.0526. The number of esters is 1. The highest BCUT2D eigenvalue weighted by molar-refractivity contribution is 8.01. The summed E-state index contributed by atoms with van der Waals surface area (Å²) in [5.74, 6) is -0.0924. The maximum Gasteiger partial charge on any atom is 0.327 e. The number of rotatable bonds is 8. The number of aryl methyl sites for hydroxylation is 2. The van der Waals surface area contributed by atoms with Gasteiger partial charge in [-0.05, 0) is 78.0 Å². The number of benzene rings is 2. The van der Waals surface area contributed by atoms with Gasteiger partial charge in [0.05, 0.1) is 6.61 Å². The third-order valence-electron chi connectivity index (χ3n) is 6.57. The van der Waals surface area contributed by atoms with Crippen LogP contribution in [-0.2, 0) is 32.8 Å². The highest BCUT2D eigenvalue weighted by atomic mass is 32.2. The quantitative estimate of drug-likeness (QED) is 0.349. The molecule has 6 heteroatoms. The predicted molar refractivity (Wildman–Crippen MR) is 140 cm³/mol. The van der Waals surface area contributed by atoms with Crippen molar-refractivity contribution in [1.29, 1.82) is 0 Å². The van der Waals surface area contributed by atoms with Gasteiger partial charge in [0, 0.05) is 11.3 Å². The lowest BCUT2D eigenvalue weighted by atomic mass is 9.80. The van der Waals surface area contributed by atoms with E-state index in [1.54, 1.807) is 12.1 Å². The molecule has 2 aromatic rings. The molecular formula is C29H38O5S. The van der Waals surface area contributed by atoms with Crippen LogP contribution in [0, 0.1) is 12.8 Å². The minimum atomic E-state index is -0.899. The number of hydrogen-bond donors (Lipinski definition) is 2. The molecule has 1 saturated heterocycles. The lowest BCUT2D eigenvalue weighted by molar-refractivity contribution is -0.172. The van der Waals surface area contributed by atoms with Gasteiger partial charge in [0.25, 0.3) is 0 Å². The fourth-order valence-corrected chi connectivity index (χ4v) is 6.15. The lowest BCUT2D eigenvalue weighted by Gasteiger charge is -2.40. The number of aromatic hydroxyl groups is 1. The van der Waals surface area contributed by atoms with Crippen LogP contribution >= 0.6 is 11.8 Å². The Kier molecular flexibility index (Phi) is 8.38. The Morgan fingerprint density at radius 2 is 1.80 bits per heavy atom. The molecule has 5 nitrogen and oxygen atoms in total. The second kappa shape index (κ2) is 10.8. The molecule has 0 aliphatic carbocycles. The summed E-state index contributed by atoms with van der Waals surface area (Å²) in [5.41, 5.74) is 2.78. The summed E-state index contributed by atoms with van der Waals surface area (Å²) in [4.78, 5) is 27.6. The Hall–Kier alpha value is -2.31. The molecule has 1 aliphatic rings. The summed E-state index contributed by atoms with van der Waals surface area (Å²) in [6.07, 6.45) is 2.03. The van der Waals surface area contributed by atoms with Crippen LogP contribution in [0.1, 0.15) is 76.1 Å². The first-order chi connectivity index (χ1) is 16.3. The van der Waals surface area contributed by atoms with Crippen LogP contribution in [0.15, 0.2) is 41.3 Å². The van der Waals surface area contributed by atoms with Crippen molar-refractivity contribution in [3.63, 3.8) is 0 Å². The zero-order chi connectivity index (χ0) is 26.0. The van der Waals surface area contributed by atoms with Gasteiger partial charge < -0.3 is 14.9 Å². The average Bonchev–Trinajstić information content (AvgIpc) is 2.75. The molecule has 1 fully saturated rings. The Morgan fingerprint density at radius 1 is 1.14 bits per heavy atom. The van der Waals surface area contributed by atoms with Gasteiger partial charge >= 0.3 is 5.97 Å². The van der Waals surface area contributed by atoms with E-state index < -0.39 is 16.8 Å². The first-order valence-electron chi connectivity index (χ1n) is 12.3. The average molecular weight is 499 g/mol.